The summed E-state index contributed by atoms with van der Waals surface area (Å²) in [5.41, 5.74) is -0.173. The van der Waals surface area contributed by atoms with Gasteiger partial charge in [0.05, 0.1) is 10.5 Å². The average Bonchev–Trinajstić information content (AvgIpc) is 2.48. The van der Waals surface area contributed by atoms with Gasteiger partial charge in [-0.05, 0) is 44.5 Å². The maximum absolute atomic E-state index is 12.7. The number of carboxylic acid groups (broad SMARTS) is 1. The zero-order valence-corrected chi connectivity index (χ0v) is 12.8. The number of nitrogens with zero attached hydrogens (tertiary/aromatic N) is 1. The van der Waals surface area contributed by atoms with E-state index in [4.69, 9.17) is 0 Å². The molecule has 0 amide bonds. The molecule has 0 aliphatic carbocycles. The zero-order chi connectivity index (χ0) is 15.5. The molecule has 1 aromatic rings. The van der Waals surface area contributed by atoms with Gasteiger partial charge in [0.15, 0.2) is 0 Å². The normalized spacial score (nSPS) is 20.3. The zero-order valence-electron chi connectivity index (χ0n) is 11.9. The Morgan fingerprint density at radius 3 is 2.81 bits per heavy atom. The molecule has 21 heavy (non-hydrogen) atoms. The summed E-state index contributed by atoms with van der Waals surface area (Å²) in [6, 6.07) is 5.77. The highest BCUT2D eigenvalue weighted by atomic mass is 32.2. The quantitative estimate of drug-likeness (QED) is 0.847. The van der Waals surface area contributed by atoms with E-state index in [2.05, 4.69) is 5.32 Å². The van der Waals surface area contributed by atoms with Crippen LogP contribution in [0.3, 0.4) is 0 Å². The average molecular weight is 312 g/mol. The Balaban J connectivity index is 2.32. The third-order valence-corrected chi connectivity index (χ3v) is 5.63. The fourth-order valence-corrected chi connectivity index (χ4v) is 4.45. The van der Waals surface area contributed by atoms with Gasteiger partial charge in [0.25, 0.3) is 0 Å². The van der Waals surface area contributed by atoms with Crippen molar-refractivity contribution in [1.82, 2.24) is 9.62 Å². The summed E-state index contributed by atoms with van der Waals surface area (Å²) in [4.78, 5) is 11.1. The van der Waals surface area contributed by atoms with Crippen molar-refractivity contribution >= 4 is 16.0 Å². The Bertz CT molecular complexity index is 613. The van der Waals surface area contributed by atoms with Crippen molar-refractivity contribution in [3.8, 4) is 0 Å². The van der Waals surface area contributed by atoms with Gasteiger partial charge in [-0.1, -0.05) is 12.1 Å². The number of nitrogens with one attached hydrogen (secondary N) is 1. The van der Waals surface area contributed by atoms with Crippen LogP contribution in [0.1, 0.15) is 23.2 Å². The molecule has 0 bridgehead atoms. The predicted octanol–water partition coefficient (Wildman–Crippen LogP) is 1.00. The second-order valence-corrected chi connectivity index (χ2v) is 7.14. The Morgan fingerprint density at radius 1 is 1.43 bits per heavy atom. The Morgan fingerprint density at radius 2 is 2.14 bits per heavy atom. The molecule has 2 rings (SSSR count). The summed E-state index contributed by atoms with van der Waals surface area (Å²) in [5, 5.41) is 12.2. The Hall–Kier alpha value is -1.44. The first-order chi connectivity index (χ1) is 9.96. The number of hydrogen-bond donors (Lipinski definition) is 2. The second-order valence-electron chi connectivity index (χ2n) is 5.23. The van der Waals surface area contributed by atoms with Crippen LogP contribution < -0.4 is 5.32 Å². The standard InChI is InChI=1S/C14H20N2O4S/c1-15-9-11-5-4-8-16(10-11)21(19,20)13-7-3-2-6-12(13)14(17)18/h2-3,6-7,11,15H,4-5,8-10H2,1H3,(H,17,18). The fourth-order valence-electron chi connectivity index (χ4n) is 2.71. The highest BCUT2D eigenvalue weighted by Gasteiger charge is 2.32. The molecule has 1 saturated heterocycles. The van der Waals surface area contributed by atoms with Crippen molar-refractivity contribution in [3.05, 3.63) is 29.8 Å². The molecule has 1 aliphatic rings. The highest BCUT2D eigenvalue weighted by Crippen LogP contribution is 2.25. The van der Waals surface area contributed by atoms with Gasteiger partial charge in [-0.2, -0.15) is 4.31 Å². The van der Waals surface area contributed by atoms with Gasteiger partial charge in [0, 0.05) is 13.1 Å². The summed E-state index contributed by atoms with van der Waals surface area (Å²) < 4.78 is 26.8. The van der Waals surface area contributed by atoms with Gasteiger partial charge in [-0.15, -0.1) is 0 Å². The molecule has 1 unspecified atom stereocenters. The SMILES string of the molecule is CNCC1CCCN(S(=O)(=O)c2ccccc2C(=O)O)C1. The number of carboxylic acids is 1. The van der Waals surface area contributed by atoms with Crippen LogP contribution in [0.25, 0.3) is 0 Å². The van der Waals surface area contributed by atoms with Crippen LogP contribution in [0, 0.1) is 5.92 Å². The molecular weight excluding hydrogens is 292 g/mol. The predicted molar refractivity (Wildman–Crippen MR) is 78.8 cm³/mol. The first kappa shape index (κ1) is 15.9. The van der Waals surface area contributed by atoms with Gasteiger partial charge in [-0.3, -0.25) is 0 Å². The van der Waals surface area contributed by atoms with Crippen LogP contribution >= 0.6 is 0 Å². The molecule has 7 heteroatoms. The van der Waals surface area contributed by atoms with E-state index in [0.717, 1.165) is 19.4 Å². The number of carbonyl (C=O) groups is 1. The van der Waals surface area contributed by atoms with Crippen molar-refractivity contribution in [3.63, 3.8) is 0 Å². The third-order valence-electron chi connectivity index (χ3n) is 3.71. The number of rotatable bonds is 5. The van der Waals surface area contributed by atoms with Gasteiger partial charge in [-0.25, -0.2) is 13.2 Å². The van der Waals surface area contributed by atoms with Crippen LogP contribution in [0.5, 0.6) is 0 Å². The number of aromatic carboxylic acids is 1. The molecular formula is C14H20N2O4S. The largest absolute Gasteiger partial charge is 0.478 e. The van der Waals surface area contributed by atoms with Crippen LogP contribution in [0.4, 0.5) is 0 Å². The molecule has 2 N–H and O–H groups in total. The van der Waals surface area contributed by atoms with Gasteiger partial charge in [0.2, 0.25) is 10.0 Å². The van der Waals surface area contributed by atoms with Crippen LogP contribution in [0.15, 0.2) is 29.2 Å². The van der Waals surface area contributed by atoms with Crippen molar-refractivity contribution in [2.45, 2.75) is 17.7 Å². The van der Waals surface area contributed by atoms with Crippen LogP contribution in [-0.4, -0.2) is 50.5 Å². The van der Waals surface area contributed by atoms with Crippen LogP contribution in [0.2, 0.25) is 0 Å². The highest BCUT2D eigenvalue weighted by molar-refractivity contribution is 7.89. The van der Waals surface area contributed by atoms with E-state index in [1.54, 1.807) is 6.07 Å². The molecule has 0 radical (unpaired) electrons. The topological polar surface area (TPSA) is 86.7 Å². The number of benzene rings is 1. The Labute approximate surface area is 124 Å². The minimum atomic E-state index is -3.76. The third kappa shape index (κ3) is 3.42. The van der Waals surface area contributed by atoms with E-state index in [1.165, 1.54) is 22.5 Å². The molecule has 1 fully saturated rings. The van der Waals surface area contributed by atoms with E-state index in [1.807, 2.05) is 7.05 Å². The van der Waals surface area contributed by atoms with Crippen LogP contribution in [-0.2, 0) is 10.0 Å². The lowest BCUT2D eigenvalue weighted by atomic mass is 10.00. The minimum absolute atomic E-state index is 0.123. The van der Waals surface area contributed by atoms with Crippen molar-refractivity contribution in [2.75, 3.05) is 26.7 Å². The van der Waals surface area contributed by atoms with Crippen molar-refractivity contribution < 1.29 is 18.3 Å². The summed E-state index contributed by atoms with van der Waals surface area (Å²) in [7, 11) is -1.92. The summed E-state index contributed by atoms with van der Waals surface area (Å²) >= 11 is 0. The second kappa shape index (κ2) is 6.55. The van der Waals surface area contributed by atoms with E-state index in [0.29, 0.717) is 13.1 Å². The molecule has 1 heterocycles. The van der Waals surface area contributed by atoms with E-state index in [9.17, 15) is 18.3 Å². The lowest BCUT2D eigenvalue weighted by Crippen LogP contribution is -2.42. The molecule has 1 atom stereocenters. The van der Waals surface area contributed by atoms with Gasteiger partial charge >= 0.3 is 5.97 Å². The molecule has 0 aromatic heterocycles. The minimum Gasteiger partial charge on any atom is -0.478 e. The van der Waals surface area contributed by atoms with Crippen molar-refractivity contribution in [1.29, 1.82) is 0 Å². The number of piperidine rings is 1. The molecule has 0 saturated carbocycles. The summed E-state index contributed by atoms with van der Waals surface area (Å²) in [6.07, 6.45) is 1.77. The molecule has 1 aromatic carbocycles. The lowest BCUT2D eigenvalue weighted by molar-refractivity contribution is 0.0692. The van der Waals surface area contributed by atoms with E-state index < -0.39 is 16.0 Å². The van der Waals surface area contributed by atoms with Gasteiger partial charge in [0.1, 0.15) is 0 Å². The van der Waals surface area contributed by atoms with E-state index in [-0.39, 0.29) is 16.4 Å². The first-order valence-corrected chi connectivity index (χ1v) is 8.38. The fraction of sp³-hybridized carbons (Fsp3) is 0.500. The smallest absolute Gasteiger partial charge is 0.337 e. The molecule has 116 valence electrons. The molecule has 0 spiro atoms. The number of hydrogen-bond acceptors (Lipinski definition) is 4. The summed E-state index contributed by atoms with van der Waals surface area (Å²) in [5.74, 6) is -0.964. The van der Waals surface area contributed by atoms with Gasteiger partial charge < -0.3 is 10.4 Å². The van der Waals surface area contributed by atoms with Crippen molar-refractivity contribution in [2.24, 2.45) is 5.92 Å². The maximum Gasteiger partial charge on any atom is 0.337 e. The molecule has 6 nitrogen and oxygen atoms in total. The maximum atomic E-state index is 12.7. The summed E-state index contributed by atoms with van der Waals surface area (Å²) in [6.45, 7) is 1.63. The monoisotopic (exact) mass is 312 g/mol. The lowest BCUT2D eigenvalue weighted by Gasteiger charge is -2.32. The number of sulfonamides is 1. The van der Waals surface area contributed by atoms with E-state index >= 15 is 0 Å². The molecule has 1 aliphatic heterocycles. The first-order valence-electron chi connectivity index (χ1n) is 6.94. The Kier molecular flexibility index (Phi) is 4.97.